The number of ether oxygens (including phenoxy) is 1. The molecule has 12 nitrogen and oxygen atoms in total. The van der Waals surface area contributed by atoms with Crippen LogP contribution in [0.1, 0.15) is 29.3 Å². The van der Waals surface area contributed by atoms with E-state index in [1.54, 1.807) is 19.1 Å². The minimum absolute atomic E-state index is 0.0224. The van der Waals surface area contributed by atoms with Crippen molar-refractivity contribution in [1.29, 1.82) is 0 Å². The first-order valence-corrected chi connectivity index (χ1v) is 12.0. The van der Waals surface area contributed by atoms with Crippen molar-refractivity contribution < 1.29 is 34.8 Å². The van der Waals surface area contributed by atoms with E-state index in [0.29, 0.717) is 26.2 Å². The van der Waals surface area contributed by atoms with Gasteiger partial charge in [0.05, 0.1) is 11.1 Å². The second-order valence-corrected chi connectivity index (χ2v) is 8.45. The van der Waals surface area contributed by atoms with Gasteiger partial charge in [0.25, 0.3) is 5.91 Å². The number of carbonyl (C=O) groups excluding carboxylic acids is 2. The van der Waals surface area contributed by atoms with Gasteiger partial charge in [-0.2, -0.15) is 0 Å². The van der Waals surface area contributed by atoms with Crippen LogP contribution in [-0.4, -0.2) is 89.6 Å². The highest BCUT2D eigenvalue weighted by Crippen LogP contribution is 2.31. The second-order valence-electron chi connectivity index (χ2n) is 8.45. The molecule has 1 heterocycles. The van der Waals surface area contributed by atoms with E-state index in [4.69, 9.17) is 4.74 Å². The third-order valence-corrected chi connectivity index (χ3v) is 5.67. The summed E-state index contributed by atoms with van der Waals surface area (Å²) in [5.74, 6) is -2.04. The topological polar surface area (TPSA) is 185 Å². The average molecular weight is 516 g/mol. The van der Waals surface area contributed by atoms with Gasteiger partial charge in [-0.25, -0.2) is 4.99 Å². The van der Waals surface area contributed by atoms with Gasteiger partial charge in [0, 0.05) is 26.2 Å². The molecule has 0 fully saturated rings. The predicted octanol–water partition coefficient (Wildman–Crippen LogP) is 0.158. The number of benzene rings is 2. The number of hydrogen-bond acceptors (Lipinski definition) is 10. The summed E-state index contributed by atoms with van der Waals surface area (Å²) < 4.78 is 5.61. The molecule has 0 aromatic heterocycles. The summed E-state index contributed by atoms with van der Waals surface area (Å²) in [5.41, 5.74) is 0.254. The molecular weight excluding hydrogens is 482 g/mol. The molecule has 0 aliphatic carbocycles. The van der Waals surface area contributed by atoms with Crippen LogP contribution >= 0.6 is 0 Å². The average Bonchev–Trinajstić information content (AvgIpc) is 3.26. The Balaban J connectivity index is 1.24. The van der Waals surface area contributed by atoms with Crippen LogP contribution in [0.2, 0.25) is 0 Å². The zero-order valence-electron chi connectivity index (χ0n) is 20.5. The fourth-order valence-electron chi connectivity index (χ4n) is 3.65. The minimum Gasteiger partial charge on any atom is -0.504 e. The Labute approximate surface area is 214 Å². The Bertz CT molecular complexity index is 1120. The summed E-state index contributed by atoms with van der Waals surface area (Å²) in [6, 6.07) is 7.92. The van der Waals surface area contributed by atoms with Crippen molar-refractivity contribution in [2.75, 3.05) is 39.3 Å². The van der Waals surface area contributed by atoms with E-state index in [2.05, 4.69) is 26.3 Å². The molecule has 0 saturated carbocycles. The smallest absolute Gasteiger partial charge is 0.255 e. The van der Waals surface area contributed by atoms with E-state index in [1.807, 2.05) is 0 Å². The van der Waals surface area contributed by atoms with Gasteiger partial charge in [-0.3, -0.25) is 9.59 Å². The van der Waals surface area contributed by atoms with E-state index in [9.17, 15) is 30.0 Å². The molecule has 2 aromatic carbocycles. The Morgan fingerprint density at radius 3 is 2.16 bits per heavy atom. The Morgan fingerprint density at radius 1 is 0.838 bits per heavy atom. The van der Waals surface area contributed by atoms with E-state index in [1.165, 1.54) is 24.3 Å². The predicted molar refractivity (Wildman–Crippen MR) is 136 cm³/mol. The lowest BCUT2D eigenvalue weighted by Crippen LogP contribution is -2.41. The van der Waals surface area contributed by atoms with E-state index in [0.717, 1.165) is 19.5 Å². The quantitative estimate of drug-likeness (QED) is 0.136. The van der Waals surface area contributed by atoms with Gasteiger partial charge in [-0.15, -0.1) is 0 Å². The molecule has 1 aliphatic heterocycles. The maximum Gasteiger partial charge on any atom is 0.255 e. The molecule has 200 valence electrons. The lowest BCUT2D eigenvalue weighted by atomic mass is 10.1. The number of phenolic OH excluding ortho intramolecular Hbond substituents is 4. The van der Waals surface area contributed by atoms with Crippen LogP contribution in [0, 0.1) is 0 Å². The molecular formula is C25H33N5O7. The van der Waals surface area contributed by atoms with Crippen LogP contribution in [0.25, 0.3) is 0 Å². The van der Waals surface area contributed by atoms with Crippen molar-refractivity contribution in [3.63, 3.8) is 0 Å². The standard InChI is InChI=1S/C25H33N5O7/c1-15-20(30-25(37-15)17-6-3-8-19(32)22(17)34)24(36)29-14-12-27-10-4-9-26-11-13-28-23(35)16-5-2-7-18(31)21(16)33/h2-3,5-8,15,20,26-27,31-34H,4,9-14H2,1H3,(H,28,35)(H,29,36)/t15?,20-/m0/s1. The van der Waals surface area contributed by atoms with Crippen LogP contribution < -0.4 is 21.3 Å². The number of aromatic hydroxyl groups is 4. The zero-order valence-corrected chi connectivity index (χ0v) is 20.5. The van der Waals surface area contributed by atoms with E-state index >= 15 is 0 Å². The normalized spacial score (nSPS) is 16.6. The molecule has 2 aromatic rings. The van der Waals surface area contributed by atoms with E-state index in [-0.39, 0.29) is 40.2 Å². The SMILES string of the molecule is CC1OC(c2cccc(O)c2O)=N[C@@H]1C(=O)NCCNCCCNCCNC(=O)c1cccc(O)c1O. The molecule has 0 bridgehead atoms. The van der Waals surface area contributed by atoms with E-state index < -0.39 is 23.8 Å². The van der Waals surface area contributed by atoms with Gasteiger partial charge < -0.3 is 46.4 Å². The zero-order chi connectivity index (χ0) is 26.8. The van der Waals surface area contributed by atoms with Crippen LogP contribution in [0.4, 0.5) is 0 Å². The largest absolute Gasteiger partial charge is 0.504 e. The fourth-order valence-corrected chi connectivity index (χ4v) is 3.65. The van der Waals surface area contributed by atoms with Crippen LogP contribution in [-0.2, 0) is 9.53 Å². The second kappa shape index (κ2) is 13.3. The number of carbonyl (C=O) groups is 2. The molecule has 0 radical (unpaired) electrons. The monoisotopic (exact) mass is 515 g/mol. The maximum absolute atomic E-state index is 12.5. The Hall–Kier alpha value is -4.03. The number of phenols is 4. The van der Waals surface area contributed by atoms with Gasteiger partial charge in [0.1, 0.15) is 6.10 Å². The molecule has 37 heavy (non-hydrogen) atoms. The number of hydrogen-bond donors (Lipinski definition) is 8. The number of aliphatic imine (C=N–C) groups is 1. The van der Waals surface area contributed by atoms with Gasteiger partial charge in [0.15, 0.2) is 29.0 Å². The molecule has 1 aliphatic rings. The number of nitrogens with one attached hydrogen (secondary N) is 4. The summed E-state index contributed by atoms with van der Waals surface area (Å²) in [6.45, 7) is 5.07. The maximum atomic E-state index is 12.5. The fraction of sp³-hybridized carbons (Fsp3) is 0.400. The first-order chi connectivity index (χ1) is 17.8. The van der Waals surface area contributed by atoms with Crippen molar-refractivity contribution in [2.45, 2.75) is 25.5 Å². The highest BCUT2D eigenvalue weighted by Gasteiger charge is 2.34. The number of rotatable bonds is 13. The van der Waals surface area contributed by atoms with Crippen molar-refractivity contribution in [3.8, 4) is 23.0 Å². The third kappa shape index (κ3) is 7.48. The molecule has 8 N–H and O–H groups in total. The molecule has 3 rings (SSSR count). The molecule has 1 unspecified atom stereocenters. The highest BCUT2D eigenvalue weighted by molar-refractivity contribution is 6.01. The highest BCUT2D eigenvalue weighted by atomic mass is 16.5. The summed E-state index contributed by atoms with van der Waals surface area (Å²) >= 11 is 0. The van der Waals surface area contributed by atoms with Crippen LogP contribution in [0.15, 0.2) is 41.4 Å². The minimum atomic E-state index is -0.752. The Kier molecular flexibility index (Phi) is 9.92. The lowest BCUT2D eigenvalue weighted by Gasteiger charge is -2.13. The van der Waals surface area contributed by atoms with Crippen LogP contribution in [0.5, 0.6) is 23.0 Å². The molecule has 0 saturated heterocycles. The lowest BCUT2D eigenvalue weighted by molar-refractivity contribution is -0.123. The van der Waals surface area contributed by atoms with Crippen LogP contribution in [0.3, 0.4) is 0 Å². The summed E-state index contributed by atoms with van der Waals surface area (Å²) in [6.07, 6.45) is 0.329. The summed E-state index contributed by atoms with van der Waals surface area (Å²) in [7, 11) is 0. The van der Waals surface area contributed by atoms with Crippen molar-refractivity contribution in [1.82, 2.24) is 21.3 Å². The Morgan fingerprint density at radius 2 is 1.46 bits per heavy atom. The van der Waals surface area contributed by atoms with Crippen molar-refractivity contribution in [3.05, 3.63) is 47.5 Å². The first kappa shape index (κ1) is 27.6. The molecule has 2 atom stereocenters. The molecule has 2 amide bonds. The van der Waals surface area contributed by atoms with Gasteiger partial charge in [-0.05, 0) is 50.7 Å². The molecule has 0 spiro atoms. The summed E-state index contributed by atoms with van der Waals surface area (Å²) in [5, 5.41) is 50.7. The first-order valence-electron chi connectivity index (χ1n) is 12.0. The van der Waals surface area contributed by atoms with Gasteiger partial charge >= 0.3 is 0 Å². The van der Waals surface area contributed by atoms with Crippen molar-refractivity contribution >= 4 is 17.7 Å². The summed E-state index contributed by atoms with van der Waals surface area (Å²) in [4.78, 5) is 28.8. The third-order valence-electron chi connectivity index (χ3n) is 5.67. The number of para-hydroxylation sites is 2. The van der Waals surface area contributed by atoms with Crippen molar-refractivity contribution in [2.24, 2.45) is 4.99 Å². The number of amides is 2. The molecule has 12 heteroatoms. The van der Waals surface area contributed by atoms with Gasteiger partial charge in [-0.1, -0.05) is 12.1 Å². The number of nitrogens with zero attached hydrogens (tertiary/aromatic N) is 1. The van der Waals surface area contributed by atoms with Gasteiger partial charge in [0.2, 0.25) is 11.8 Å².